The van der Waals surface area contributed by atoms with Crippen molar-refractivity contribution >= 4 is 11.8 Å². The lowest BCUT2D eigenvalue weighted by atomic mass is 9.56. The molecule has 0 saturated carbocycles. The maximum atomic E-state index is 12.4. The van der Waals surface area contributed by atoms with Gasteiger partial charge in [-0.3, -0.25) is 5.32 Å². The van der Waals surface area contributed by atoms with E-state index in [1.165, 1.54) is 11.1 Å². The molecule has 2 aliphatic rings. The lowest BCUT2D eigenvalue weighted by Gasteiger charge is -2.55. The van der Waals surface area contributed by atoms with Gasteiger partial charge in [-0.05, 0) is 36.5 Å². The zero-order valence-corrected chi connectivity index (χ0v) is 17.3. The number of amides is 1. The van der Waals surface area contributed by atoms with E-state index in [2.05, 4.69) is 56.4 Å². The number of hydrogen-bond acceptors (Lipinski definition) is 3. The number of allylic oxidation sites excluding steroid dienone is 1. The second-order valence-electron chi connectivity index (χ2n) is 8.46. The van der Waals surface area contributed by atoms with E-state index < -0.39 is 6.09 Å². The second-order valence-corrected chi connectivity index (χ2v) is 8.46. The predicted octanol–water partition coefficient (Wildman–Crippen LogP) is 5.84. The van der Waals surface area contributed by atoms with Gasteiger partial charge in [-0.15, -0.1) is 0 Å². The smallest absolute Gasteiger partial charge is 0.411 e. The van der Waals surface area contributed by atoms with Gasteiger partial charge in [0, 0.05) is 17.0 Å². The van der Waals surface area contributed by atoms with Crippen LogP contribution in [-0.4, -0.2) is 19.3 Å². The summed E-state index contributed by atoms with van der Waals surface area (Å²) in [5, 5.41) is 2.81. The van der Waals surface area contributed by atoms with Gasteiger partial charge in [-0.1, -0.05) is 74.0 Å². The Labute approximate surface area is 172 Å². The van der Waals surface area contributed by atoms with Crippen molar-refractivity contribution in [1.82, 2.24) is 0 Å². The molecule has 1 amide bonds. The third-order valence-electron chi connectivity index (χ3n) is 6.87. The Bertz CT molecular complexity index is 879. The van der Waals surface area contributed by atoms with Crippen LogP contribution in [0.25, 0.3) is 0 Å². The summed E-state index contributed by atoms with van der Waals surface area (Å²) in [6.45, 7) is 7.62. The van der Waals surface area contributed by atoms with Gasteiger partial charge in [0.1, 0.15) is 6.61 Å². The zero-order chi connectivity index (χ0) is 20.4. The lowest BCUT2D eigenvalue weighted by Crippen LogP contribution is -2.54. The average molecular weight is 392 g/mol. The molecule has 0 spiro atoms. The number of rotatable bonds is 4. The Balaban J connectivity index is 1.52. The van der Waals surface area contributed by atoms with Crippen LogP contribution in [0.2, 0.25) is 0 Å². The number of benzene rings is 2. The molecule has 152 valence electrons. The van der Waals surface area contributed by atoms with Gasteiger partial charge in [0.25, 0.3) is 0 Å². The Morgan fingerprint density at radius 3 is 2.45 bits per heavy atom. The van der Waals surface area contributed by atoms with Gasteiger partial charge in [0.15, 0.2) is 0 Å². The van der Waals surface area contributed by atoms with E-state index in [1.807, 2.05) is 36.4 Å². The third kappa shape index (κ3) is 3.69. The molecule has 5 atom stereocenters. The number of hydrogen-bond donors (Lipinski definition) is 1. The van der Waals surface area contributed by atoms with Crippen LogP contribution >= 0.6 is 0 Å². The van der Waals surface area contributed by atoms with Crippen LogP contribution in [0, 0.1) is 23.2 Å². The summed E-state index contributed by atoms with van der Waals surface area (Å²) in [4.78, 5) is 12.4. The van der Waals surface area contributed by atoms with Crippen LogP contribution in [0.4, 0.5) is 10.5 Å². The van der Waals surface area contributed by atoms with Gasteiger partial charge in [0.05, 0.1) is 12.7 Å². The van der Waals surface area contributed by atoms with Crippen molar-refractivity contribution in [2.45, 2.75) is 26.9 Å². The van der Waals surface area contributed by atoms with E-state index >= 15 is 0 Å². The first-order chi connectivity index (χ1) is 14.0. The Hall–Kier alpha value is -2.59. The first-order valence-electron chi connectivity index (χ1n) is 10.3. The summed E-state index contributed by atoms with van der Waals surface area (Å²) in [5.74, 6) is 0.893. The highest BCUT2D eigenvalue weighted by Gasteiger charge is 2.54. The van der Waals surface area contributed by atoms with E-state index in [4.69, 9.17) is 9.47 Å². The minimum atomic E-state index is -0.419. The molecule has 1 aliphatic heterocycles. The van der Waals surface area contributed by atoms with E-state index in [0.29, 0.717) is 19.1 Å². The van der Waals surface area contributed by atoms with Crippen LogP contribution in [0.15, 0.2) is 72.3 Å². The molecular weight excluding hydrogens is 362 g/mol. The molecule has 0 radical (unpaired) electrons. The highest BCUT2D eigenvalue weighted by Crippen LogP contribution is 2.56. The molecule has 0 unspecified atom stereocenters. The molecule has 2 aromatic carbocycles. The van der Waals surface area contributed by atoms with Crippen LogP contribution < -0.4 is 5.32 Å². The van der Waals surface area contributed by atoms with Crippen LogP contribution in [-0.2, 0) is 9.47 Å². The third-order valence-corrected chi connectivity index (χ3v) is 6.87. The zero-order valence-electron chi connectivity index (χ0n) is 17.3. The SMILES string of the molecule is CC1=C[C@@H](C)[C@@]2(COC(=O)Nc3ccccc3)CO[C@H](c3ccccc3)[C@H]1[C@H]2C. The molecule has 1 saturated heterocycles. The Morgan fingerprint density at radius 2 is 1.76 bits per heavy atom. The topological polar surface area (TPSA) is 47.6 Å². The normalized spacial score (nSPS) is 30.9. The summed E-state index contributed by atoms with van der Waals surface area (Å²) in [5.41, 5.74) is 3.09. The van der Waals surface area contributed by atoms with E-state index in [1.54, 1.807) is 0 Å². The quantitative estimate of drug-likeness (QED) is 0.666. The Kier molecular flexibility index (Phi) is 5.46. The summed E-state index contributed by atoms with van der Waals surface area (Å²) in [7, 11) is 0. The van der Waals surface area contributed by atoms with Gasteiger partial charge in [-0.25, -0.2) is 4.79 Å². The maximum absolute atomic E-state index is 12.4. The van der Waals surface area contributed by atoms with Gasteiger partial charge in [0.2, 0.25) is 0 Å². The fourth-order valence-electron chi connectivity index (χ4n) is 5.08. The van der Waals surface area contributed by atoms with Gasteiger partial charge in [-0.2, -0.15) is 0 Å². The number of fused-ring (bicyclic) bond motifs is 2. The first kappa shape index (κ1) is 19.7. The molecule has 2 bridgehead atoms. The summed E-state index contributed by atoms with van der Waals surface area (Å²) < 4.78 is 12.2. The van der Waals surface area contributed by atoms with E-state index in [9.17, 15) is 4.79 Å². The molecule has 0 aromatic heterocycles. The summed E-state index contributed by atoms with van der Waals surface area (Å²) in [6.07, 6.45) is 1.97. The van der Waals surface area contributed by atoms with Crippen molar-refractivity contribution in [2.24, 2.45) is 23.2 Å². The molecular formula is C25H29NO3. The molecule has 1 fully saturated rings. The number of para-hydroxylation sites is 1. The molecule has 4 rings (SSSR count). The number of carbonyl (C=O) groups excluding carboxylic acids is 1. The fraction of sp³-hybridized carbons (Fsp3) is 0.400. The molecule has 1 aliphatic carbocycles. The summed E-state index contributed by atoms with van der Waals surface area (Å²) in [6, 6.07) is 19.8. The molecule has 2 aromatic rings. The number of nitrogens with one attached hydrogen (secondary N) is 1. The fourth-order valence-corrected chi connectivity index (χ4v) is 5.08. The van der Waals surface area contributed by atoms with E-state index in [0.717, 1.165) is 5.69 Å². The van der Waals surface area contributed by atoms with Gasteiger partial charge >= 0.3 is 6.09 Å². The minimum Gasteiger partial charge on any atom is -0.449 e. The number of anilines is 1. The number of carbonyl (C=O) groups is 1. The predicted molar refractivity (Wildman–Crippen MR) is 115 cm³/mol. The molecule has 4 heteroatoms. The monoisotopic (exact) mass is 391 g/mol. The minimum absolute atomic E-state index is 0.0428. The average Bonchev–Trinajstić information content (AvgIpc) is 2.73. The van der Waals surface area contributed by atoms with Crippen molar-refractivity contribution in [3.05, 3.63) is 77.9 Å². The maximum Gasteiger partial charge on any atom is 0.411 e. The second kappa shape index (κ2) is 8.03. The van der Waals surface area contributed by atoms with Crippen molar-refractivity contribution < 1.29 is 14.3 Å². The largest absolute Gasteiger partial charge is 0.449 e. The van der Waals surface area contributed by atoms with Crippen molar-refractivity contribution in [3.8, 4) is 0 Å². The van der Waals surface area contributed by atoms with Crippen molar-refractivity contribution in [1.29, 1.82) is 0 Å². The molecule has 1 N–H and O–H groups in total. The van der Waals surface area contributed by atoms with Gasteiger partial charge < -0.3 is 9.47 Å². The van der Waals surface area contributed by atoms with Crippen molar-refractivity contribution in [2.75, 3.05) is 18.5 Å². The van der Waals surface area contributed by atoms with Crippen molar-refractivity contribution in [3.63, 3.8) is 0 Å². The van der Waals surface area contributed by atoms with E-state index in [-0.39, 0.29) is 23.4 Å². The summed E-state index contributed by atoms with van der Waals surface area (Å²) >= 11 is 0. The standard InChI is InChI=1S/C25H29NO3/c1-17-14-18(2)25(16-29-24(27)26-21-12-8-5-9-13-21)15-28-23(22(17)19(25)3)20-10-6-4-7-11-20/h4-14,18-19,22-23H,15-16H2,1-3H3,(H,26,27)/t18-,19-,22-,23-,25+/m1/s1. The van der Waals surface area contributed by atoms with Crippen LogP contribution in [0.1, 0.15) is 32.4 Å². The first-order valence-corrected chi connectivity index (χ1v) is 10.3. The Morgan fingerprint density at radius 1 is 1.10 bits per heavy atom. The molecule has 4 nitrogen and oxygen atoms in total. The van der Waals surface area contributed by atoms with Crippen LogP contribution in [0.3, 0.4) is 0 Å². The molecule has 1 heterocycles. The lowest BCUT2D eigenvalue weighted by molar-refractivity contribution is -0.165. The molecule has 29 heavy (non-hydrogen) atoms. The number of ether oxygens (including phenoxy) is 2. The highest BCUT2D eigenvalue weighted by molar-refractivity contribution is 5.84. The highest BCUT2D eigenvalue weighted by atomic mass is 16.6. The van der Waals surface area contributed by atoms with Crippen LogP contribution in [0.5, 0.6) is 0 Å².